The first-order chi connectivity index (χ1) is 13.4. The lowest BCUT2D eigenvalue weighted by molar-refractivity contribution is 0.0592. The predicted octanol–water partition coefficient (Wildman–Crippen LogP) is 2.82. The van der Waals surface area contributed by atoms with Crippen LogP contribution in [-0.4, -0.2) is 39.0 Å². The van der Waals surface area contributed by atoms with Crippen molar-refractivity contribution >= 4 is 22.0 Å². The topological polar surface area (TPSA) is 134 Å². The van der Waals surface area contributed by atoms with Crippen molar-refractivity contribution in [2.45, 2.75) is 12.5 Å². The molecule has 0 bridgehead atoms. The zero-order valence-electron chi connectivity index (χ0n) is 14.2. The zero-order valence-corrected chi connectivity index (χ0v) is 15.8. The van der Waals surface area contributed by atoms with Crippen molar-refractivity contribution in [2.75, 3.05) is 6.61 Å². The molecule has 28 heavy (non-hydrogen) atoms. The van der Waals surface area contributed by atoms with E-state index >= 15 is 0 Å². The van der Waals surface area contributed by atoms with E-state index in [2.05, 4.69) is 31.1 Å². The van der Waals surface area contributed by atoms with Gasteiger partial charge in [0.2, 0.25) is 11.7 Å². The van der Waals surface area contributed by atoms with Gasteiger partial charge in [0.15, 0.2) is 5.82 Å². The van der Waals surface area contributed by atoms with E-state index in [1.54, 1.807) is 24.3 Å². The minimum Gasteiger partial charge on any atom is -0.443 e. The number of amides is 1. The molecule has 2 heterocycles. The summed E-state index contributed by atoms with van der Waals surface area (Å²) in [6, 6.07) is 7.76. The van der Waals surface area contributed by atoms with Crippen LogP contribution in [0.3, 0.4) is 0 Å². The van der Waals surface area contributed by atoms with Crippen molar-refractivity contribution in [1.29, 1.82) is 0 Å². The molecule has 11 heteroatoms. The van der Waals surface area contributed by atoms with E-state index < -0.39 is 24.6 Å². The number of rotatable bonds is 7. The molecule has 0 aliphatic carbocycles. The molecule has 3 rings (SSSR count). The first kappa shape index (κ1) is 19.7. The smallest absolute Gasteiger partial charge is 0.404 e. The van der Waals surface area contributed by atoms with Gasteiger partial charge >= 0.3 is 6.09 Å². The Morgan fingerprint density at radius 2 is 2.11 bits per heavy atom. The average Bonchev–Trinajstić information content (AvgIpc) is 3.12. The molecule has 3 N–H and O–H groups in total. The number of nitrogens with zero attached hydrogens (tertiary/aromatic N) is 3. The van der Waals surface area contributed by atoms with Crippen LogP contribution in [0.25, 0.3) is 11.4 Å². The number of carbonyl (C=O) groups is 1. The summed E-state index contributed by atoms with van der Waals surface area (Å²) in [5.74, 6) is 0.0681. The summed E-state index contributed by atoms with van der Waals surface area (Å²) in [4.78, 5) is 18.8. The lowest BCUT2D eigenvalue weighted by Gasteiger charge is -2.10. The molecule has 1 unspecified atom stereocenters. The van der Waals surface area contributed by atoms with E-state index in [1.165, 1.54) is 12.3 Å². The van der Waals surface area contributed by atoms with Crippen molar-refractivity contribution in [1.82, 2.24) is 15.1 Å². The van der Waals surface area contributed by atoms with E-state index in [0.29, 0.717) is 15.8 Å². The standard InChI is InChI=1S/C17H14BrFN4O5/c18-10-5-13(19)16(21-7-10)26-11-3-1-9(2-4-11)15-22-14(28-23-15)6-12(8-24)27-17(20)25/h1-5,7,12,24H,6,8H2,(H2,20,25). The molecule has 0 fully saturated rings. The van der Waals surface area contributed by atoms with Crippen LogP contribution in [0.4, 0.5) is 9.18 Å². The minimum absolute atomic E-state index is 0.0160. The summed E-state index contributed by atoms with van der Waals surface area (Å²) in [7, 11) is 0. The van der Waals surface area contributed by atoms with Gasteiger partial charge in [-0.3, -0.25) is 0 Å². The Morgan fingerprint density at radius 3 is 2.75 bits per heavy atom. The molecule has 146 valence electrons. The Labute approximate surface area is 166 Å². The maximum Gasteiger partial charge on any atom is 0.404 e. The molecular formula is C17H14BrFN4O5. The Bertz CT molecular complexity index is 966. The number of benzene rings is 1. The summed E-state index contributed by atoms with van der Waals surface area (Å²) in [5.41, 5.74) is 5.54. The van der Waals surface area contributed by atoms with Crippen molar-refractivity contribution in [3.8, 4) is 23.0 Å². The van der Waals surface area contributed by atoms with Crippen LogP contribution in [0.1, 0.15) is 5.89 Å². The SMILES string of the molecule is NC(=O)OC(CO)Cc1nc(-c2ccc(Oc3ncc(Br)cc3F)cc2)no1. The van der Waals surface area contributed by atoms with Crippen LogP contribution in [-0.2, 0) is 11.2 Å². The lowest BCUT2D eigenvalue weighted by atomic mass is 10.2. The third-order valence-corrected chi connectivity index (χ3v) is 3.89. The number of aliphatic hydroxyl groups is 1. The molecule has 0 spiro atoms. The van der Waals surface area contributed by atoms with Gasteiger partial charge in [0.25, 0.3) is 5.88 Å². The number of halogens is 2. The van der Waals surface area contributed by atoms with Gasteiger partial charge in [-0.1, -0.05) is 5.16 Å². The molecule has 9 nitrogen and oxygen atoms in total. The third-order valence-electron chi connectivity index (χ3n) is 3.46. The number of primary amides is 1. The Balaban J connectivity index is 1.68. The van der Waals surface area contributed by atoms with Gasteiger partial charge in [0.05, 0.1) is 13.0 Å². The average molecular weight is 453 g/mol. The molecule has 1 amide bonds. The van der Waals surface area contributed by atoms with Crippen LogP contribution in [0.15, 0.2) is 45.5 Å². The number of pyridine rings is 1. The highest BCUT2D eigenvalue weighted by Gasteiger charge is 2.17. The quantitative estimate of drug-likeness (QED) is 0.558. The molecule has 0 saturated carbocycles. The number of aliphatic hydroxyl groups excluding tert-OH is 1. The van der Waals surface area contributed by atoms with E-state index in [9.17, 15) is 14.3 Å². The van der Waals surface area contributed by atoms with Crippen LogP contribution in [0, 0.1) is 5.82 Å². The molecule has 0 aliphatic rings. The van der Waals surface area contributed by atoms with Crippen LogP contribution < -0.4 is 10.5 Å². The van der Waals surface area contributed by atoms with Gasteiger partial charge in [0, 0.05) is 16.2 Å². The minimum atomic E-state index is -1.01. The maximum atomic E-state index is 13.8. The Hall–Kier alpha value is -3.05. The van der Waals surface area contributed by atoms with E-state index in [-0.39, 0.29) is 24.0 Å². The third kappa shape index (κ3) is 5.02. The first-order valence-electron chi connectivity index (χ1n) is 7.93. The summed E-state index contributed by atoms with van der Waals surface area (Å²) >= 11 is 3.12. The number of aromatic nitrogens is 3. The normalized spacial score (nSPS) is 11.8. The van der Waals surface area contributed by atoms with Crippen LogP contribution in [0.5, 0.6) is 11.6 Å². The highest BCUT2D eigenvalue weighted by Crippen LogP contribution is 2.26. The van der Waals surface area contributed by atoms with Crippen molar-refractivity contribution in [2.24, 2.45) is 5.73 Å². The number of ether oxygens (including phenoxy) is 2. The molecular weight excluding hydrogens is 439 g/mol. The van der Waals surface area contributed by atoms with E-state index in [4.69, 9.17) is 19.7 Å². The molecule has 1 atom stereocenters. The Kier molecular flexibility index (Phi) is 6.16. The zero-order chi connectivity index (χ0) is 20.1. The number of hydrogen-bond donors (Lipinski definition) is 2. The lowest BCUT2D eigenvalue weighted by Crippen LogP contribution is -2.27. The van der Waals surface area contributed by atoms with Crippen LogP contribution >= 0.6 is 15.9 Å². The molecule has 0 radical (unpaired) electrons. The fourth-order valence-corrected chi connectivity index (χ4v) is 2.52. The molecule has 3 aromatic rings. The van der Waals surface area contributed by atoms with Crippen molar-refractivity contribution < 1.29 is 28.3 Å². The highest BCUT2D eigenvalue weighted by atomic mass is 79.9. The second-order valence-electron chi connectivity index (χ2n) is 5.52. The van der Waals surface area contributed by atoms with E-state index in [0.717, 1.165) is 0 Å². The summed E-state index contributed by atoms with van der Waals surface area (Å²) in [6.45, 7) is -0.437. The monoisotopic (exact) mass is 452 g/mol. The molecule has 0 aliphatic heterocycles. The second-order valence-corrected chi connectivity index (χ2v) is 6.44. The van der Waals surface area contributed by atoms with Crippen LogP contribution in [0.2, 0.25) is 0 Å². The van der Waals surface area contributed by atoms with Crippen molar-refractivity contribution in [3.05, 3.63) is 52.7 Å². The predicted molar refractivity (Wildman–Crippen MR) is 96.9 cm³/mol. The molecule has 1 aromatic carbocycles. The number of hydrogen-bond acceptors (Lipinski definition) is 8. The summed E-state index contributed by atoms with van der Waals surface area (Å²) in [6.07, 6.45) is -0.446. The molecule has 2 aromatic heterocycles. The van der Waals surface area contributed by atoms with E-state index in [1.807, 2.05) is 0 Å². The van der Waals surface area contributed by atoms with Gasteiger partial charge < -0.3 is 24.8 Å². The van der Waals surface area contributed by atoms with Crippen molar-refractivity contribution in [3.63, 3.8) is 0 Å². The summed E-state index contributed by atoms with van der Waals surface area (Å²) in [5, 5.41) is 13.0. The van der Waals surface area contributed by atoms with Gasteiger partial charge in [0.1, 0.15) is 11.9 Å². The number of nitrogens with two attached hydrogens (primary N) is 1. The fourth-order valence-electron chi connectivity index (χ4n) is 2.22. The molecule has 0 saturated heterocycles. The number of carbonyl (C=O) groups excluding carboxylic acids is 1. The van der Waals surface area contributed by atoms with Gasteiger partial charge in [-0.25, -0.2) is 14.2 Å². The highest BCUT2D eigenvalue weighted by molar-refractivity contribution is 9.10. The largest absolute Gasteiger partial charge is 0.443 e. The first-order valence-corrected chi connectivity index (χ1v) is 8.72. The maximum absolute atomic E-state index is 13.8. The Morgan fingerprint density at radius 1 is 1.36 bits per heavy atom. The van der Waals surface area contributed by atoms with Gasteiger partial charge in [-0.2, -0.15) is 4.98 Å². The fraction of sp³-hybridized carbons (Fsp3) is 0.176. The van der Waals surface area contributed by atoms with Gasteiger partial charge in [-0.05, 0) is 46.3 Å². The summed E-state index contributed by atoms with van der Waals surface area (Å²) < 4.78 is 29.5. The second kappa shape index (κ2) is 8.76. The van der Waals surface area contributed by atoms with Gasteiger partial charge in [-0.15, -0.1) is 0 Å².